The zero-order valence-electron chi connectivity index (χ0n) is 11.0. The van der Waals surface area contributed by atoms with E-state index in [4.69, 9.17) is 5.73 Å². The van der Waals surface area contributed by atoms with Crippen molar-refractivity contribution in [1.82, 2.24) is 9.55 Å². The molecule has 0 saturated carbocycles. The van der Waals surface area contributed by atoms with Crippen molar-refractivity contribution in [2.24, 2.45) is 0 Å². The third-order valence-corrected chi connectivity index (χ3v) is 4.18. The molecule has 3 nitrogen and oxygen atoms in total. The number of anilines is 1. The van der Waals surface area contributed by atoms with Gasteiger partial charge in [0.05, 0.1) is 14.6 Å². The minimum Gasteiger partial charge on any atom is -0.369 e. The Balaban J connectivity index is 1.91. The molecule has 0 fully saturated rings. The molecule has 0 spiro atoms. The van der Waals surface area contributed by atoms with Crippen LogP contribution in [0.1, 0.15) is 5.56 Å². The van der Waals surface area contributed by atoms with Gasteiger partial charge < -0.3 is 10.3 Å². The fourth-order valence-corrected chi connectivity index (χ4v) is 2.72. The highest BCUT2D eigenvalue weighted by Gasteiger charge is 2.11. The summed E-state index contributed by atoms with van der Waals surface area (Å²) in [6, 6.07) is 9.43. The van der Waals surface area contributed by atoms with Gasteiger partial charge in [-0.15, -0.1) is 0 Å². The third-order valence-electron chi connectivity index (χ3n) is 3.36. The number of aryl methyl sites for hydroxylation is 2. The summed E-state index contributed by atoms with van der Waals surface area (Å²) in [5, 5.41) is 0. The van der Waals surface area contributed by atoms with E-state index in [1.165, 1.54) is 18.2 Å². The second-order valence-corrected chi connectivity index (χ2v) is 5.92. The van der Waals surface area contributed by atoms with Gasteiger partial charge in [0.15, 0.2) is 0 Å². The molecule has 6 heteroatoms. The third kappa shape index (κ3) is 2.85. The normalized spacial score (nSPS) is 11.2. The number of halogens is 3. The summed E-state index contributed by atoms with van der Waals surface area (Å²) in [6.07, 6.45) is 0.670. The quantitative estimate of drug-likeness (QED) is 0.682. The van der Waals surface area contributed by atoms with E-state index >= 15 is 0 Å². The maximum absolute atomic E-state index is 13.7. The van der Waals surface area contributed by atoms with Crippen LogP contribution < -0.4 is 5.73 Å². The van der Waals surface area contributed by atoms with Gasteiger partial charge in [-0.2, -0.15) is 0 Å². The molecule has 2 N–H and O–H groups in total. The Kier molecular flexibility index (Phi) is 3.79. The molecule has 1 aromatic heterocycles. The first-order chi connectivity index (χ1) is 10.0. The summed E-state index contributed by atoms with van der Waals surface area (Å²) in [4.78, 5) is 4.25. The highest BCUT2D eigenvalue weighted by atomic mass is 127. The molecule has 0 bridgehead atoms. The van der Waals surface area contributed by atoms with Crippen molar-refractivity contribution >= 4 is 39.6 Å². The molecule has 0 unspecified atom stereocenters. The van der Waals surface area contributed by atoms with Crippen molar-refractivity contribution < 1.29 is 8.78 Å². The van der Waals surface area contributed by atoms with Gasteiger partial charge in [0, 0.05) is 12.6 Å². The molecular formula is C15H12F2IN3. The first kappa shape index (κ1) is 14.2. The van der Waals surface area contributed by atoms with Crippen LogP contribution in [0.2, 0.25) is 0 Å². The van der Waals surface area contributed by atoms with Gasteiger partial charge in [-0.1, -0.05) is 12.1 Å². The Morgan fingerprint density at radius 2 is 1.86 bits per heavy atom. The van der Waals surface area contributed by atoms with E-state index in [1.807, 2.05) is 22.6 Å². The largest absolute Gasteiger partial charge is 0.369 e. The lowest BCUT2D eigenvalue weighted by Crippen LogP contribution is -2.06. The number of rotatable bonds is 3. The van der Waals surface area contributed by atoms with Crippen LogP contribution in [0.3, 0.4) is 0 Å². The van der Waals surface area contributed by atoms with Crippen molar-refractivity contribution in [3.63, 3.8) is 0 Å². The molecule has 3 rings (SSSR count). The van der Waals surface area contributed by atoms with Gasteiger partial charge >= 0.3 is 0 Å². The predicted molar refractivity (Wildman–Crippen MR) is 86.9 cm³/mol. The maximum Gasteiger partial charge on any atom is 0.201 e. The lowest BCUT2D eigenvalue weighted by atomic mass is 10.1. The zero-order valence-corrected chi connectivity index (χ0v) is 13.1. The smallest absolute Gasteiger partial charge is 0.201 e. The van der Waals surface area contributed by atoms with Gasteiger partial charge in [0.2, 0.25) is 5.95 Å². The van der Waals surface area contributed by atoms with E-state index in [-0.39, 0.29) is 11.6 Å². The molecule has 2 aromatic carbocycles. The standard InChI is InChI=1S/C15H12F2IN3/c16-10-3-1-9(2-4-10)5-6-21-14-7-11(17)12(18)8-13(14)20-15(21)19/h1-4,7-8H,5-6H2,(H2,19,20). The molecule has 1 heterocycles. The van der Waals surface area contributed by atoms with Gasteiger partial charge in [0.25, 0.3) is 0 Å². The minimum atomic E-state index is -0.286. The molecule has 0 aliphatic carbocycles. The first-order valence-electron chi connectivity index (χ1n) is 6.40. The number of nitrogen functional groups attached to an aromatic ring is 1. The molecule has 0 saturated heterocycles. The fourth-order valence-electron chi connectivity index (χ4n) is 2.27. The van der Waals surface area contributed by atoms with E-state index in [0.717, 1.165) is 5.56 Å². The second kappa shape index (κ2) is 5.59. The minimum absolute atomic E-state index is 0.261. The van der Waals surface area contributed by atoms with E-state index in [0.29, 0.717) is 33.5 Å². The number of imidazole rings is 1. The highest BCUT2D eigenvalue weighted by molar-refractivity contribution is 14.1. The number of nitrogens with zero attached hydrogens (tertiary/aromatic N) is 2. The molecule has 0 atom stereocenters. The van der Waals surface area contributed by atoms with Gasteiger partial charge in [-0.3, -0.25) is 0 Å². The molecule has 3 aromatic rings. The van der Waals surface area contributed by atoms with Crippen LogP contribution in [0.4, 0.5) is 14.7 Å². The van der Waals surface area contributed by atoms with Crippen molar-refractivity contribution in [2.45, 2.75) is 13.0 Å². The molecule has 108 valence electrons. The van der Waals surface area contributed by atoms with Crippen molar-refractivity contribution in [1.29, 1.82) is 0 Å². The number of fused-ring (bicyclic) bond motifs is 1. The molecular weight excluding hydrogens is 387 g/mol. The van der Waals surface area contributed by atoms with Crippen LogP contribution in [0.5, 0.6) is 0 Å². The number of nitrogens with two attached hydrogens (primary N) is 1. The summed E-state index contributed by atoms with van der Waals surface area (Å²) < 4.78 is 28.9. The topological polar surface area (TPSA) is 43.8 Å². The van der Waals surface area contributed by atoms with Crippen LogP contribution in [-0.4, -0.2) is 9.55 Å². The lowest BCUT2D eigenvalue weighted by Gasteiger charge is -2.07. The molecule has 0 aliphatic heterocycles. The molecule has 21 heavy (non-hydrogen) atoms. The molecule has 0 aliphatic rings. The van der Waals surface area contributed by atoms with Crippen molar-refractivity contribution in [2.75, 3.05) is 5.73 Å². The predicted octanol–water partition coefficient (Wildman–Crippen LogP) is 3.74. The SMILES string of the molecule is Nc1nc2cc(I)c(F)cc2n1CCc1ccc(F)cc1. The van der Waals surface area contributed by atoms with Gasteiger partial charge in [-0.25, -0.2) is 13.8 Å². The molecule has 0 radical (unpaired) electrons. The number of benzene rings is 2. The van der Waals surface area contributed by atoms with E-state index in [1.54, 1.807) is 22.8 Å². The summed E-state index contributed by atoms with van der Waals surface area (Å²) in [7, 11) is 0. The Morgan fingerprint density at radius 3 is 2.57 bits per heavy atom. The monoisotopic (exact) mass is 399 g/mol. The Labute approximate surface area is 133 Å². The molecule has 0 amide bonds. The van der Waals surface area contributed by atoms with Crippen LogP contribution in [0.25, 0.3) is 11.0 Å². The van der Waals surface area contributed by atoms with E-state index in [2.05, 4.69) is 4.98 Å². The summed E-state index contributed by atoms with van der Waals surface area (Å²) >= 11 is 1.93. The number of hydrogen-bond acceptors (Lipinski definition) is 2. The van der Waals surface area contributed by atoms with Gasteiger partial charge in [-0.05, 0) is 52.8 Å². The highest BCUT2D eigenvalue weighted by Crippen LogP contribution is 2.23. The first-order valence-corrected chi connectivity index (χ1v) is 7.47. The average molecular weight is 399 g/mol. The number of aromatic nitrogens is 2. The number of hydrogen-bond donors (Lipinski definition) is 1. The summed E-state index contributed by atoms with van der Waals surface area (Å²) in [6.45, 7) is 0.563. The summed E-state index contributed by atoms with van der Waals surface area (Å²) in [5.41, 5.74) is 8.25. The lowest BCUT2D eigenvalue weighted by molar-refractivity contribution is 0.619. The Morgan fingerprint density at radius 1 is 1.14 bits per heavy atom. The Bertz CT molecular complexity index is 797. The average Bonchev–Trinajstić information content (AvgIpc) is 2.74. The van der Waals surface area contributed by atoms with Crippen LogP contribution in [0.15, 0.2) is 36.4 Å². The second-order valence-electron chi connectivity index (χ2n) is 4.75. The summed E-state index contributed by atoms with van der Waals surface area (Å²) in [5.74, 6) is -0.192. The van der Waals surface area contributed by atoms with Crippen LogP contribution in [0, 0.1) is 15.2 Å². The van der Waals surface area contributed by atoms with Gasteiger partial charge in [0.1, 0.15) is 11.6 Å². The Hall–Kier alpha value is -1.70. The van der Waals surface area contributed by atoms with E-state index in [9.17, 15) is 8.78 Å². The van der Waals surface area contributed by atoms with Crippen molar-refractivity contribution in [3.05, 3.63) is 57.2 Å². The fraction of sp³-hybridized carbons (Fsp3) is 0.133. The maximum atomic E-state index is 13.7. The van der Waals surface area contributed by atoms with Crippen molar-refractivity contribution in [3.8, 4) is 0 Å². The van der Waals surface area contributed by atoms with Crippen LogP contribution >= 0.6 is 22.6 Å². The zero-order chi connectivity index (χ0) is 15.0. The van der Waals surface area contributed by atoms with Crippen LogP contribution in [-0.2, 0) is 13.0 Å². The van der Waals surface area contributed by atoms with E-state index < -0.39 is 0 Å².